The normalized spacial score (nSPS) is 15.2. The molecule has 1 heterocycles. The first-order chi connectivity index (χ1) is 13.3. The maximum absolute atomic E-state index is 13.9. The van der Waals surface area contributed by atoms with Gasteiger partial charge in [0, 0.05) is 36.8 Å². The fraction of sp³-hybridized carbons (Fsp3) is 0.263. The van der Waals surface area contributed by atoms with E-state index in [-0.39, 0.29) is 54.0 Å². The van der Waals surface area contributed by atoms with Gasteiger partial charge in [0.2, 0.25) is 15.9 Å². The van der Waals surface area contributed by atoms with Crippen molar-refractivity contribution in [3.8, 4) is 6.07 Å². The number of amides is 1. The third kappa shape index (κ3) is 4.17. The summed E-state index contributed by atoms with van der Waals surface area (Å²) in [6, 6.07) is 11.9. The van der Waals surface area contributed by atoms with E-state index in [1.165, 1.54) is 51.7 Å². The fourth-order valence-corrected chi connectivity index (χ4v) is 4.64. The van der Waals surface area contributed by atoms with E-state index in [0.717, 1.165) is 0 Å². The predicted octanol–water partition coefficient (Wildman–Crippen LogP) is 2.43. The van der Waals surface area contributed by atoms with E-state index in [4.69, 9.17) is 16.9 Å². The Labute approximate surface area is 167 Å². The van der Waals surface area contributed by atoms with E-state index in [0.29, 0.717) is 5.56 Å². The number of carbonyl (C=O) groups is 1. The number of hydrogen-bond acceptors (Lipinski definition) is 4. The van der Waals surface area contributed by atoms with Gasteiger partial charge in [-0.3, -0.25) is 4.79 Å². The summed E-state index contributed by atoms with van der Waals surface area (Å²) < 4.78 is 40.6. The minimum absolute atomic E-state index is 0.101. The van der Waals surface area contributed by atoms with Crippen molar-refractivity contribution in [2.24, 2.45) is 0 Å². The highest BCUT2D eigenvalue weighted by atomic mass is 35.5. The van der Waals surface area contributed by atoms with Gasteiger partial charge >= 0.3 is 0 Å². The van der Waals surface area contributed by atoms with Crippen molar-refractivity contribution in [1.29, 1.82) is 5.26 Å². The van der Waals surface area contributed by atoms with Gasteiger partial charge in [-0.2, -0.15) is 9.57 Å². The van der Waals surface area contributed by atoms with E-state index >= 15 is 0 Å². The lowest BCUT2D eigenvalue weighted by Crippen LogP contribution is -2.50. The standard InChI is InChI=1S/C19H17ClFN3O3S/c20-17-2-1-3-18(21)16(17)12-19(25)23-8-10-24(11-9-23)28(26,27)15-6-4-14(13-22)5-7-15/h1-7H,8-12H2. The van der Waals surface area contributed by atoms with Crippen LogP contribution >= 0.6 is 11.6 Å². The third-order valence-electron chi connectivity index (χ3n) is 4.60. The molecule has 1 aliphatic heterocycles. The molecule has 28 heavy (non-hydrogen) atoms. The molecule has 0 bridgehead atoms. The molecule has 9 heteroatoms. The molecule has 1 saturated heterocycles. The van der Waals surface area contributed by atoms with Crippen molar-refractivity contribution < 1.29 is 17.6 Å². The summed E-state index contributed by atoms with van der Waals surface area (Å²) in [6.45, 7) is 0.693. The van der Waals surface area contributed by atoms with Gasteiger partial charge in [-0.15, -0.1) is 0 Å². The van der Waals surface area contributed by atoms with Crippen molar-refractivity contribution >= 4 is 27.5 Å². The Morgan fingerprint density at radius 1 is 1.11 bits per heavy atom. The van der Waals surface area contributed by atoms with Crippen LogP contribution in [0.5, 0.6) is 0 Å². The second-order valence-electron chi connectivity index (χ2n) is 6.30. The lowest BCUT2D eigenvalue weighted by atomic mass is 10.1. The van der Waals surface area contributed by atoms with Crippen molar-refractivity contribution in [1.82, 2.24) is 9.21 Å². The summed E-state index contributed by atoms with van der Waals surface area (Å²) >= 11 is 5.97. The monoisotopic (exact) mass is 421 g/mol. The van der Waals surface area contributed by atoms with Crippen molar-refractivity contribution in [3.05, 3.63) is 64.4 Å². The quantitative estimate of drug-likeness (QED) is 0.759. The number of sulfonamides is 1. The largest absolute Gasteiger partial charge is 0.340 e. The molecule has 0 unspecified atom stereocenters. The van der Waals surface area contributed by atoms with E-state index < -0.39 is 15.8 Å². The molecule has 0 aliphatic carbocycles. The van der Waals surface area contributed by atoms with Gasteiger partial charge in [-0.1, -0.05) is 17.7 Å². The van der Waals surface area contributed by atoms with Gasteiger partial charge in [-0.25, -0.2) is 12.8 Å². The van der Waals surface area contributed by atoms with Gasteiger partial charge in [0.15, 0.2) is 0 Å². The molecular weight excluding hydrogens is 405 g/mol. The Morgan fingerprint density at radius 3 is 2.32 bits per heavy atom. The number of piperazine rings is 1. The summed E-state index contributed by atoms with van der Waals surface area (Å²) in [5.41, 5.74) is 0.517. The third-order valence-corrected chi connectivity index (χ3v) is 6.87. The maximum Gasteiger partial charge on any atom is 0.243 e. The average Bonchev–Trinajstić information content (AvgIpc) is 2.71. The summed E-state index contributed by atoms with van der Waals surface area (Å²) in [6.07, 6.45) is -0.173. The SMILES string of the molecule is N#Cc1ccc(S(=O)(=O)N2CCN(C(=O)Cc3c(F)cccc3Cl)CC2)cc1. The van der Waals surface area contributed by atoms with Crippen LogP contribution in [-0.2, 0) is 21.2 Å². The molecule has 2 aromatic carbocycles. The number of hydrogen-bond donors (Lipinski definition) is 0. The van der Waals surface area contributed by atoms with Gasteiger partial charge in [0.25, 0.3) is 0 Å². The Bertz CT molecular complexity index is 1010. The summed E-state index contributed by atoms with van der Waals surface area (Å²) in [7, 11) is -3.70. The number of halogens is 2. The van der Waals surface area contributed by atoms with Crippen LogP contribution in [0.1, 0.15) is 11.1 Å². The summed E-state index contributed by atoms with van der Waals surface area (Å²) in [5, 5.41) is 9.01. The maximum atomic E-state index is 13.9. The van der Waals surface area contributed by atoms with Gasteiger partial charge < -0.3 is 4.90 Å². The van der Waals surface area contributed by atoms with Gasteiger partial charge in [0.1, 0.15) is 5.82 Å². The molecule has 0 atom stereocenters. The Balaban J connectivity index is 1.65. The molecule has 6 nitrogen and oxygen atoms in total. The number of rotatable bonds is 4. The van der Waals surface area contributed by atoms with Crippen LogP contribution in [0.4, 0.5) is 4.39 Å². The average molecular weight is 422 g/mol. The second kappa shape index (κ2) is 8.27. The molecular formula is C19H17ClFN3O3S. The van der Waals surface area contributed by atoms with Crippen LogP contribution in [0.2, 0.25) is 5.02 Å². The molecule has 0 aromatic heterocycles. The van der Waals surface area contributed by atoms with Crippen molar-refractivity contribution in [2.45, 2.75) is 11.3 Å². The van der Waals surface area contributed by atoms with Gasteiger partial charge in [-0.05, 0) is 36.4 Å². The second-order valence-corrected chi connectivity index (χ2v) is 8.64. The zero-order chi connectivity index (χ0) is 20.3. The lowest BCUT2D eigenvalue weighted by molar-refractivity contribution is -0.131. The summed E-state index contributed by atoms with van der Waals surface area (Å²) in [5.74, 6) is -0.842. The Morgan fingerprint density at radius 2 is 1.75 bits per heavy atom. The predicted molar refractivity (Wildman–Crippen MR) is 102 cm³/mol. The number of nitrogens with zero attached hydrogens (tertiary/aromatic N) is 3. The number of carbonyl (C=O) groups excluding carboxylic acids is 1. The number of nitriles is 1. The first kappa shape index (κ1) is 20.3. The zero-order valence-corrected chi connectivity index (χ0v) is 16.4. The molecule has 1 fully saturated rings. The highest BCUT2D eigenvalue weighted by molar-refractivity contribution is 7.89. The summed E-state index contributed by atoms with van der Waals surface area (Å²) in [4.78, 5) is 14.1. The van der Waals surface area contributed by atoms with E-state index in [1.807, 2.05) is 6.07 Å². The van der Waals surface area contributed by atoms with Crippen molar-refractivity contribution in [2.75, 3.05) is 26.2 Å². The highest BCUT2D eigenvalue weighted by Gasteiger charge is 2.30. The molecule has 146 valence electrons. The van der Waals surface area contributed by atoms with Crippen LogP contribution in [-0.4, -0.2) is 49.7 Å². The number of benzene rings is 2. The molecule has 2 aromatic rings. The Kier molecular flexibility index (Phi) is 5.98. The Hall–Kier alpha value is -2.47. The molecule has 1 aliphatic rings. The molecule has 1 amide bonds. The van der Waals surface area contributed by atoms with Crippen molar-refractivity contribution in [3.63, 3.8) is 0 Å². The zero-order valence-electron chi connectivity index (χ0n) is 14.8. The van der Waals surface area contributed by atoms with E-state index in [1.54, 1.807) is 0 Å². The first-order valence-corrected chi connectivity index (χ1v) is 10.4. The van der Waals surface area contributed by atoms with Crippen LogP contribution in [0.25, 0.3) is 0 Å². The topological polar surface area (TPSA) is 81.5 Å². The van der Waals surface area contributed by atoms with Crippen LogP contribution in [0, 0.1) is 17.1 Å². The van der Waals surface area contributed by atoms with Crippen LogP contribution < -0.4 is 0 Å². The lowest BCUT2D eigenvalue weighted by Gasteiger charge is -2.34. The van der Waals surface area contributed by atoms with E-state index in [2.05, 4.69) is 0 Å². The van der Waals surface area contributed by atoms with E-state index in [9.17, 15) is 17.6 Å². The fourth-order valence-electron chi connectivity index (χ4n) is 2.99. The van der Waals surface area contributed by atoms with Crippen LogP contribution in [0.3, 0.4) is 0 Å². The van der Waals surface area contributed by atoms with Gasteiger partial charge in [0.05, 0.1) is 22.9 Å². The molecule has 0 N–H and O–H groups in total. The first-order valence-electron chi connectivity index (χ1n) is 8.54. The molecule has 0 radical (unpaired) electrons. The molecule has 0 spiro atoms. The minimum Gasteiger partial charge on any atom is -0.340 e. The minimum atomic E-state index is -3.70. The van der Waals surface area contributed by atoms with Crippen LogP contribution in [0.15, 0.2) is 47.4 Å². The molecule has 3 rings (SSSR count). The highest BCUT2D eigenvalue weighted by Crippen LogP contribution is 2.22. The molecule has 0 saturated carbocycles. The smallest absolute Gasteiger partial charge is 0.243 e.